The maximum absolute atomic E-state index is 12.2. The fourth-order valence-corrected chi connectivity index (χ4v) is 2.36. The number of hydrazine groups is 1. The molecule has 4 rings (SSSR count). The first kappa shape index (κ1) is 11.9. The van der Waals surface area contributed by atoms with E-state index in [0.29, 0.717) is 28.6 Å². The third-order valence-corrected chi connectivity index (χ3v) is 3.34. The third-order valence-electron chi connectivity index (χ3n) is 3.34. The van der Waals surface area contributed by atoms with Crippen molar-refractivity contribution in [3.63, 3.8) is 0 Å². The summed E-state index contributed by atoms with van der Waals surface area (Å²) in [5, 5.41) is 15.0. The van der Waals surface area contributed by atoms with E-state index in [1.54, 1.807) is 42.5 Å². The van der Waals surface area contributed by atoms with Crippen molar-refractivity contribution in [2.75, 3.05) is 22.3 Å². The minimum atomic E-state index is -0.463. The van der Waals surface area contributed by atoms with Crippen molar-refractivity contribution in [2.45, 2.75) is 0 Å². The van der Waals surface area contributed by atoms with Crippen molar-refractivity contribution in [1.82, 2.24) is 0 Å². The number of amides is 2. The quantitative estimate of drug-likeness (QED) is 0.842. The van der Waals surface area contributed by atoms with Crippen LogP contribution >= 0.6 is 0 Å². The maximum atomic E-state index is 12.2. The molecule has 21 heavy (non-hydrogen) atoms. The van der Waals surface area contributed by atoms with Crippen molar-refractivity contribution < 1.29 is 19.5 Å². The molecule has 0 fully saturated rings. The van der Waals surface area contributed by atoms with E-state index in [9.17, 15) is 10.0 Å². The molecule has 2 aromatic carbocycles. The lowest BCUT2D eigenvalue weighted by molar-refractivity contribution is 0.174. The van der Waals surface area contributed by atoms with Gasteiger partial charge in [0.2, 0.25) is 6.79 Å². The maximum Gasteiger partial charge on any atom is 0.347 e. The molecule has 106 valence electrons. The van der Waals surface area contributed by atoms with Crippen LogP contribution in [0.5, 0.6) is 11.5 Å². The molecule has 0 atom stereocenters. The first-order chi connectivity index (χ1) is 10.2. The molecule has 0 spiro atoms. The van der Waals surface area contributed by atoms with Crippen molar-refractivity contribution in [1.29, 1.82) is 0 Å². The van der Waals surface area contributed by atoms with Crippen molar-refractivity contribution in [3.8, 4) is 11.5 Å². The second-order valence-electron chi connectivity index (χ2n) is 4.59. The Morgan fingerprint density at radius 3 is 2.81 bits per heavy atom. The van der Waals surface area contributed by atoms with Crippen LogP contribution in [-0.2, 0) is 0 Å². The molecule has 2 aromatic rings. The van der Waals surface area contributed by atoms with Gasteiger partial charge in [-0.1, -0.05) is 12.1 Å². The molecule has 0 aromatic heterocycles. The van der Waals surface area contributed by atoms with Crippen molar-refractivity contribution >= 4 is 23.1 Å². The monoisotopic (exact) mass is 285 g/mol. The number of hydrogen-bond acceptors (Lipinski definition) is 5. The van der Waals surface area contributed by atoms with Gasteiger partial charge in [0.1, 0.15) is 5.69 Å². The van der Waals surface area contributed by atoms with Crippen LogP contribution < -0.4 is 25.0 Å². The van der Waals surface area contributed by atoms with E-state index < -0.39 is 6.03 Å². The van der Waals surface area contributed by atoms with Crippen LogP contribution in [0.25, 0.3) is 0 Å². The molecule has 7 nitrogen and oxygen atoms in total. The summed E-state index contributed by atoms with van der Waals surface area (Å²) in [6.07, 6.45) is 0. The van der Waals surface area contributed by atoms with Gasteiger partial charge < -0.3 is 14.8 Å². The second-order valence-corrected chi connectivity index (χ2v) is 4.59. The van der Waals surface area contributed by atoms with E-state index in [1.807, 2.05) is 0 Å². The summed E-state index contributed by atoms with van der Waals surface area (Å²) in [6.45, 7) is 0.149. The lowest BCUT2D eigenvalue weighted by Gasteiger charge is -2.36. The van der Waals surface area contributed by atoms with Gasteiger partial charge in [0.15, 0.2) is 11.5 Å². The summed E-state index contributed by atoms with van der Waals surface area (Å²) in [5.74, 6) is 1.15. The molecule has 7 heteroatoms. The van der Waals surface area contributed by atoms with E-state index in [-0.39, 0.29) is 6.79 Å². The number of rotatable bonds is 1. The Morgan fingerprint density at radius 1 is 1.10 bits per heavy atom. The zero-order valence-electron chi connectivity index (χ0n) is 10.8. The Labute approximate surface area is 119 Å². The number of nitrogens with one attached hydrogen (secondary N) is 1. The number of fused-ring (bicyclic) bond motifs is 2. The highest BCUT2D eigenvalue weighted by Crippen LogP contribution is 2.38. The highest BCUT2D eigenvalue weighted by Gasteiger charge is 2.31. The van der Waals surface area contributed by atoms with Crippen LogP contribution in [0.1, 0.15) is 0 Å². The summed E-state index contributed by atoms with van der Waals surface area (Å²) in [7, 11) is 0. The molecule has 0 saturated carbocycles. The fraction of sp³-hybridized carbons (Fsp3) is 0.0714. The summed E-state index contributed by atoms with van der Waals surface area (Å²) in [6, 6.07) is 11.5. The first-order valence-electron chi connectivity index (χ1n) is 6.33. The number of para-hydroxylation sites is 2. The first-order valence-corrected chi connectivity index (χ1v) is 6.33. The smallest absolute Gasteiger partial charge is 0.347 e. The Kier molecular flexibility index (Phi) is 2.42. The molecular formula is C14H11N3O4. The normalized spacial score (nSPS) is 15.8. The van der Waals surface area contributed by atoms with Crippen LogP contribution in [0.2, 0.25) is 0 Å². The highest BCUT2D eigenvalue weighted by molar-refractivity contribution is 6.08. The van der Waals surface area contributed by atoms with Crippen LogP contribution in [0.3, 0.4) is 0 Å². The molecule has 0 unspecified atom stereocenters. The van der Waals surface area contributed by atoms with Crippen LogP contribution in [0, 0.1) is 0 Å². The van der Waals surface area contributed by atoms with Gasteiger partial charge in [-0.2, -0.15) is 10.2 Å². The molecule has 2 aliphatic heterocycles. The lowest BCUT2D eigenvalue weighted by atomic mass is 10.2. The van der Waals surface area contributed by atoms with E-state index in [4.69, 9.17) is 9.47 Å². The van der Waals surface area contributed by atoms with Crippen LogP contribution in [0.4, 0.5) is 21.9 Å². The predicted octanol–water partition coefficient (Wildman–Crippen LogP) is 2.58. The van der Waals surface area contributed by atoms with Crippen molar-refractivity contribution in [3.05, 3.63) is 42.5 Å². The third kappa shape index (κ3) is 1.75. The largest absolute Gasteiger partial charge is 0.454 e. The Bertz CT molecular complexity index is 734. The molecule has 0 radical (unpaired) electrons. The fourth-order valence-electron chi connectivity index (χ4n) is 2.36. The van der Waals surface area contributed by atoms with Gasteiger partial charge in [-0.3, -0.25) is 5.21 Å². The molecule has 0 bridgehead atoms. The molecule has 2 heterocycles. The van der Waals surface area contributed by atoms with Gasteiger partial charge in [-0.25, -0.2) is 4.79 Å². The van der Waals surface area contributed by atoms with Gasteiger partial charge in [0.05, 0.1) is 11.4 Å². The van der Waals surface area contributed by atoms with Gasteiger partial charge >= 0.3 is 6.03 Å². The predicted molar refractivity (Wildman–Crippen MR) is 74.8 cm³/mol. The van der Waals surface area contributed by atoms with Crippen LogP contribution in [0.15, 0.2) is 42.5 Å². The Hall–Kier alpha value is -2.93. The van der Waals surface area contributed by atoms with Crippen LogP contribution in [-0.4, -0.2) is 18.0 Å². The molecule has 2 aliphatic rings. The number of benzene rings is 2. The summed E-state index contributed by atoms with van der Waals surface area (Å²) in [5.41, 5.74) is 1.49. The van der Waals surface area contributed by atoms with Gasteiger partial charge in [0, 0.05) is 6.07 Å². The minimum Gasteiger partial charge on any atom is -0.454 e. The summed E-state index contributed by atoms with van der Waals surface area (Å²) < 4.78 is 10.5. The molecule has 2 N–H and O–H groups in total. The van der Waals surface area contributed by atoms with Gasteiger partial charge in [-0.15, -0.1) is 0 Å². The van der Waals surface area contributed by atoms with Gasteiger partial charge in [0.25, 0.3) is 0 Å². The number of anilines is 3. The van der Waals surface area contributed by atoms with Gasteiger partial charge in [-0.05, 0) is 24.3 Å². The summed E-state index contributed by atoms with van der Waals surface area (Å²) in [4.78, 5) is 12.2. The molecular weight excluding hydrogens is 274 g/mol. The van der Waals surface area contributed by atoms with E-state index >= 15 is 0 Å². The lowest BCUT2D eigenvalue weighted by Crippen LogP contribution is -2.50. The number of nitrogens with zero attached hydrogens (tertiary/aromatic N) is 2. The number of ether oxygens (including phenoxy) is 2. The molecule has 0 saturated heterocycles. The SMILES string of the molecule is O=C1Nc2ccccc2N(O)N1c1ccc2c(c1)OCO2. The van der Waals surface area contributed by atoms with Crippen molar-refractivity contribution in [2.24, 2.45) is 0 Å². The average Bonchev–Trinajstić information content (AvgIpc) is 2.95. The Balaban J connectivity index is 1.77. The standard InChI is InChI=1S/C14H11N3O4/c18-14-15-10-3-1-2-4-11(10)17(19)16(14)9-5-6-12-13(7-9)21-8-20-12/h1-7,19H,8H2,(H,15,18). The molecule has 2 amide bonds. The summed E-state index contributed by atoms with van der Waals surface area (Å²) >= 11 is 0. The second kappa shape index (κ2) is 4.29. The van der Waals surface area contributed by atoms with E-state index in [0.717, 1.165) is 10.2 Å². The Morgan fingerprint density at radius 2 is 1.90 bits per heavy atom. The van der Waals surface area contributed by atoms with E-state index in [2.05, 4.69) is 5.32 Å². The van der Waals surface area contributed by atoms with E-state index in [1.165, 1.54) is 0 Å². The topological polar surface area (TPSA) is 74.3 Å². The zero-order valence-corrected chi connectivity index (χ0v) is 10.8. The number of carbonyl (C=O) groups is 1. The highest BCUT2D eigenvalue weighted by atomic mass is 16.7. The number of hydrogen-bond donors (Lipinski definition) is 2. The zero-order chi connectivity index (χ0) is 14.4. The number of carbonyl (C=O) groups excluding carboxylic acids is 1. The average molecular weight is 285 g/mol. The molecule has 0 aliphatic carbocycles. The minimum absolute atomic E-state index is 0.149. The number of urea groups is 1.